The van der Waals surface area contributed by atoms with Crippen LogP contribution in [0.4, 0.5) is 11.4 Å². The molecule has 9 nitrogen and oxygen atoms in total. The average Bonchev–Trinajstić information content (AvgIpc) is 2.83. The number of carbonyl (C=O) groups excluding carboxylic acids is 2. The Hall–Kier alpha value is -3.11. The highest BCUT2D eigenvalue weighted by Crippen LogP contribution is 2.25. The molecule has 1 fully saturated rings. The van der Waals surface area contributed by atoms with Gasteiger partial charge in [0.25, 0.3) is 0 Å². The van der Waals surface area contributed by atoms with Crippen molar-refractivity contribution in [2.24, 2.45) is 0 Å². The van der Waals surface area contributed by atoms with E-state index in [0.717, 1.165) is 17.0 Å². The molecule has 0 bridgehead atoms. The third-order valence-electron chi connectivity index (χ3n) is 5.96. The predicted molar refractivity (Wildman–Crippen MR) is 125 cm³/mol. The van der Waals surface area contributed by atoms with E-state index in [2.05, 4.69) is 14.9 Å². The fraction of sp³-hybridized carbons (Fsp3) is 0.391. The standard InChI is InChI=1S/C23H28N4O5S/c1-32-19-4-2-3-18(16-19)26-11-13-27(14-12-26)23(29)9-10-24-33(30,31)20-6-7-21-17(15-20)5-8-22(28)25-21/h2-4,6-7,15-16,24H,5,8-14H2,1H3,(H,25,28). The summed E-state index contributed by atoms with van der Waals surface area (Å²) in [6.45, 7) is 2.61. The van der Waals surface area contributed by atoms with Crippen LogP contribution in [0.5, 0.6) is 5.75 Å². The maximum absolute atomic E-state index is 12.7. The summed E-state index contributed by atoms with van der Waals surface area (Å²) in [5, 5.41) is 2.74. The summed E-state index contributed by atoms with van der Waals surface area (Å²) in [5.74, 6) is 0.650. The van der Waals surface area contributed by atoms with E-state index in [9.17, 15) is 18.0 Å². The number of fused-ring (bicyclic) bond motifs is 1. The quantitative estimate of drug-likeness (QED) is 0.634. The summed E-state index contributed by atoms with van der Waals surface area (Å²) in [7, 11) is -2.10. The number of aryl methyl sites for hydroxylation is 1. The van der Waals surface area contributed by atoms with E-state index in [1.807, 2.05) is 24.3 Å². The zero-order valence-electron chi connectivity index (χ0n) is 18.5. The number of nitrogens with one attached hydrogen (secondary N) is 2. The highest BCUT2D eigenvalue weighted by Gasteiger charge is 2.23. The first kappa shape index (κ1) is 23.1. The molecule has 2 heterocycles. The van der Waals surface area contributed by atoms with Crippen molar-refractivity contribution in [3.8, 4) is 5.75 Å². The lowest BCUT2D eigenvalue weighted by atomic mass is 10.0. The van der Waals surface area contributed by atoms with Gasteiger partial charge < -0.3 is 19.9 Å². The number of rotatable bonds is 7. The molecule has 1 saturated heterocycles. The summed E-state index contributed by atoms with van der Waals surface area (Å²) in [4.78, 5) is 28.2. The minimum atomic E-state index is -3.74. The second-order valence-corrected chi connectivity index (χ2v) is 9.85. The monoisotopic (exact) mass is 472 g/mol. The molecule has 2 aliphatic rings. The lowest BCUT2D eigenvalue weighted by Gasteiger charge is -2.36. The van der Waals surface area contributed by atoms with E-state index in [4.69, 9.17) is 4.74 Å². The maximum atomic E-state index is 12.7. The second-order valence-electron chi connectivity index (χ2n) is 8.08. The topological polar surface area (TPSA) is 108 Å². The van der Waals surface area contributed by atoms with Gasteiger partial charge in [-0.15, -0.1) is 0 Å². The Morgan fingerprint density at radius 3 is 2.64 bits per heavy atom. The number of amides is 2. The molecule has 10 heteroatoms. The summed E-state index contributed by atoms with van der Waals surface area (Å²) >= 11 is 0. The van der Waals surface area contributed by atoms with Crippen molar-refractivity contribution in [2.45, 2.75) is 24.2 Å². The Morgan fingerprint density at radius 1 is 1.09 bits per heavy atom. The van der Waals surface area contributed by atoms with Gasteiger partial charge in [0, 0.05) is 63.0 Å². The average molecular weight is 473 g/mol. The second kappa shape index (κ2) is 9.80. The van der Waals surface area contributed by atoms with Crippen molar-refractivity contribution in [3.05, 3.63) is 48.0 Å². The van der Waals surface area contributed by atoms with E-state index >= 15 is 0 Å². The van der Waals surface area contributed by atoms with Gasteiger partial charge in [0.15, 0.2) is 0 Å². The van der Waals surface area contributed by atoms with Gasteiger partial charge in [0.05, 0.1) is 12.0 Å². The number of nitrogens with zero attached hydrogens (tertiary/aromatic N) is 2. The fourth-order valence-electron chi connectivity index (χ4n) is 4.08. The van der Waals surface area contributed by atoms with Crippen LogP contribution >= 0.6 is 0 Å². The number of methoxy groups -OCH3 is 1. The highest BCUT2D eigenvalue weighted by atomic mass is 32.2. The number of hydrogen-bond acceptors (Lipinski definition) is 6. The predicted octanol–water partition coefficient (Wildman–Crippen LogP) is 1.60. The van der Waals surface area contributed by atoms with Crippen molar-refractivity contribution >= 4 is 33.2 Å². The molecule has 0 atom stereocenters. The van der Waals surface area contributed by atoms with Gasteiger partial charge in [0.2, 0.25) is 21.8 Å². The minimum absolute atomic E-state index is 0.0328. The zero-order valence-corrected chi connectivity index (χ0v) is 19.4. The van der Waals surface area contributed by atoms with Gasteiger partial charge in [0.1, 0.15) is 5.75 Å². The lowest BCUT2D eigenvalue weighted by molar-refractivity contribution is -0.131. The number of ether oxygens (including phenoxy) is 1. The van der Waals surface area contributed by atoms with E-state index in [-0.39, 0.29) is 29.7 Å². The van der Waals surface area contributed by atoms with Crippen LogP contribution in [0.3, 0.4) is 0 Å². The summed E-state index contributed by atoms with van der Waals surface area (Å²) in [5.41, 5.74) is 2.50. The Morgan fingerprint density at radius 2 is 1.88 bits per heavy atom. The van der Waals surface area contributed by atoms with Gasteiger partial charge in [-0.05, 0) is 42.3 Å². The number of hydrogen-bond donors (Lipinski definition) is 2. The summed E-state index contributed by atoms with van der Waals surface area (Å²) in [6.07, 6.45) is 0.938. The molecule has 0 aromatic heterocycles. The Labute approximate surface area is 193 Å². The molecule has 0 aliphatic carbocycles. The molecule has 2 amide bonds. The third-order valence-corrected chi connectivity index (χ3v) is 7.42. The fourth-order valence-corrected chi connectivity index (χ4v) is 5.16. The van der Waals surface area contributed by atoms with Crippen LogP contribution in [0, 0.1) is 0 Å². The van der Waals surface area contributed by atoms with E-state index < -0.39 is 10.0 Å². The SMILES string of the molecule is COc1cccc(N2CCN(C(=O)CCNS(=O)(=O)c3ccc4c(c3)CCC(=O)N4)CC2)c1. The number of piperazine rings is 1. The first-order valence-corrected chi connectivity index (χ1v) is 12.4. The number of benzene rings is 2. The first-order valence-electron chi connectivity index (χ1n) is 10.9. The van der Waals surface area contributed by atoms with E-state index in [1.165, 1.54) is 6.07 Å². The van der Waals surface area contributed by atoms with Crippen LogP contribution in [0.25, 0.3) is 0 Å². The van der Waals surface area contributed by atoms with Crippen molar-refractivity contribution in [1.82, 2.24) is 9.62 Å². The molecular formula is C23H28N4O5S. The lowest BCUT2D eigenvalue weighted by Crippen LogP contribution is -2.49. The normalized spacial score (nSPS) is 16.2. The van der Waals surface area contributed by atoms with Crippen molar-refractivity contribution < 1.29 is 22.7 Å². The minimum Gasteiger partial charge on any atom is -0.497 e. The van der Waals surface area contributed by atoms with Crippen LogP contribution < -0.4 is 19.7 Å². The molecule has 0 unspecified atom stereocenters. The Bertz CT molecular complexity index is 1140. The molecule has 2 aromatic rings. The molecule has 2 aliphatic heterocycles. The Balaban J connectivity index is 1.27. The van der Waals surface area contributed by atoms with Gasteiger partial charge in [-0.1, -0.05) is 6.07 Å². The van der Waals surface area contributed by atoms with Crippen LogP contribution in [-0.4, -0.2) is 65.0 Å². The summed E-state index contributed by atoms with van der Waals surface area (Å²) < 4.78 is 33.1. The van der Waals surface area contributed by atoms with Crippen LogP contribution in [0.1, 0.15) is 18.4 Å². The molecule has 176 valence electrons. The third kappa shape index (κ3) is 5.45. The molecule has 2 aromatic carbocycles. The number of carbonyl (C=O) groups is 2. The van der Waals surface area contributed by atoms with Gasteiger partial charge in [-0.2, -0.15) is 0 Å². The van der Waals surface area contributed by atoms with Crippen LogP contribution in [0.15, 0.2) is 47.4 Å². The number of sulfonamides is 1. The molecule has 0 saturated carbocycles. The van der Waals surface area contributed by atoms with Crippen LogP contribution in [0.2, 0.25) is 0 Å². The van der Waals surface area contributed by atoms with Gasteiger partial charge >= 0.3 is 0 Å². The largest absolute Gasteiger partial charge is 0.497 e. The highest BCUT2D eigenvalue weighted by molar-refractivity contribution is 7.89. The van der Waals surface area contributed by atoms with E-state index in [0.29, 0.717) is 44.7 Å². The van der Waals surface area contributed by atoms with Crippen molar-refractivity contribution in [2.75, 3.05) is 50.1 Å². The zero-order chi connectivity index (χ0) is 23.4. The molecule has 0 radical (unpaired) electrons. The maximum Gasteiger partial charge on any atom is 0.240 e. The number of anilines is 2. The molecule has 0 spiro atoms. The molecular weight excluding hydrogens is 444 g/mol. The smallest absolute Gasteiger partial charge is 0.240 e. The van der Waals surface area contributed by atoms with Crippen LogP contribution in [-0.2, 0) is 26.0 Å². The van der Waals surface area contributed by atoms with Gasteiger partial charge in [-0.3, -0.25) is 9.59 Å². The van der Waals surface area contributed by atoms with Crippen molar-refractivity contribution in [3.63, 3.8) is 0 Å². The van der Waals surface area contributed by atoms with Gasteiger partial charge in [-0.25, -0.2) is 13.1 Å². The Kier molecular flexibility index (Phi) is 6.85. The van der Waals surface area contributed by atoms with E-state index in [1.54, 1.807) is 24.1 Å². The van der Waals surface area contributed by atoms with Crippen molar-refractivity contribution in [1.29, 1.82) is 0 Å². The molecule has 2 N–H and O–H groups in total. The molecule has 4 rings (SSSR count). The summed E-state index contributed by atoms with van der Waals surface area (Å²) in [6, 6.07) is 12.5. The molecule has 33 heavy (non-hydrogen) atoms. The first-order chi connectivity index (χ1) is 15.9.